The second-order valence-corrected chi connectivity index (χ2v) is 8.38. The summed E-state index contributed by atoms with van der Waals surface area (Å²) >= 11 is 2.01. The van der Waals surface area contributed by atoms with Crippen LogP contribution in [0.15, 0.2) is 23.1 Å². The van der Waals surface area contributed by atoms with Gasteiger partial charge in [0, 0.05) is 21.7 Å². The fourth-order valence-corrected chi connectivity index (χ4v) is 5.30. The lowest BCUT2D eigenvalue weighted by Gasteiger charge is -2.31. The van der Waals surface area contributed by atoms with Crippen molar-refractivity contribution in [3.8, 4) is 0 Å². The smallest absolute Gasteiger partial charge is 0.0613 e. The summed E-state index contributed by atoms with van der Waals surface area (Å²) in [5, 5.41) is 14.0. The minimum absolute atomic E-state index is 0.0530. The van der Waals surface area contributed by atoms with Gasteiger partial charge in [-0.1, -0.05) is 19.9 Å². The number of thioether (sulfide) groups is 1. The zero-order valence-electron chi connectivity index (χ0n) is 13.2. The van der Waals surface area contributed by atoms with Crippen molar-refractivity contribution in [2.75, 3.05) is 6.61 Å². The van der Waals surface area contributed by atoms with Crippen molar-refractivity contribution in [2.45, 2.75) is 74.1 Å². The molecule has 2 aliphatic rings. The molecular weight excluding hydrogens is 278 g/mol. The van der Waals surface area contributed by atoms with Crippen molar-refractivity contribution in [3.63, 3.8) is 0 Å². The van der Waals surface area contributed by atoms with Crippen LogP contribution in [0.4, 0.5) is 0 Å². The number of nitrogens with one attached hydrogen (secondary N) is 1. The molecule has 2 nitrogen and oxygen atoms in total. The summed E-state index contributed by atoms with van der Waals surface area (Å²) in [6, 6.07) is 7.46. The van der Waals surface area contributed by atoms with Crippen molar-refractivity contribution < 1.29 is 5.11 Å². The number of aliphatic hydroxyl groups is 1. The largest absolute Gasteiger partial charge is 0.394 e. The van der Waals surface area contributed by atoms with Gasteiger partial charge in [0.1, 0.15) is 0 Å². The van der Waals surface area contributed by atoms with Gasteiger partial charge in [0.25, 0.3) is 0 Å². The lowest BCUT2D eigenvalue weighted by molar-refractivity contribution is 0.156. The topological polar surface area (TPSA) is 32.3 Å². The van der Waals surface area contributed by atoms with E-state index in [2.05, 4.69) is 37.4 Å². The Morgan fingerprint density at radius 1 is 1.33 bits per heavy atom. The molecular formula is C18H27NOS. The first-order chi connectivity index (χ1) is 10.1. The van der Waals surface area contributed by atoms with E-state index in [1.54, 1.807) is 11.1 Å². The first-order valence-corrected chi connectivity index (χ1v) is 9.15. The van der Waals surface area contributed by atoms with Crippen LogP contribution in [-0.2, 0) is 12.8 Å². The van der Waals surface area contributed by atoms with E-state index in [0.29, 0.717) is 11.3 Å². The molecule has 1 saturated carbocycles. The Morgan fingerprint density at radius 3 is 2.90 bits per heavy atom. The maximum absolute atomic E-state index is 9.80. The third-order valence-electron chi connectivity index (χ3n) is 4.83. The van der Waals surface area contributed by atoms with Gasteiger partial charge in [0.15, 0.2) is 0 Å². The zero-order valence-corrected chi connectivity index (χ0v) is 14.0. The van der Waals surface area contributed by atoms with Crippen molar-refractivity contribution in [3.05, 3.63) is 29.3 Å². The molecule has 1 aromatic rings. The Bertz CT molecular complexity index is 502. The molecule has 1 fully saturated rings. The predicted octanol–water partition coefficient (Wildman–Crippen LogP) is 3.55. The van der Waals surface area contributed by atoms with Gasteiger partial charge in [0.05, 0.1) is 6.61 Å². The molecule has 2 N–H and O–H groups in total. The van der Waals surface area contributed by atoms with Gasteiger partial charge in [0.2, 0.25) is 0 Å². The molecule has 0 aliphatic heterocycles. The highest BCUT2D eigenvalue weighted by atomic mass is 32.2. The molecule has 3 rings (SSSR count). The summed E-state index contributed by atoms with van der Waals surface area (Å²) in [5.74, 6) is 0. The summed E-state index contributed by atoms with van der Waals surface area (Å²) in [4.78, 5) is 1.42. The van der Waals surface area contributed by atoms with Crippen LogP contribution >= 0.6 is 11.8 Å². The molecule has 2 unspecified atom stereocenters. The number of aryl methyl sites for hydroxylation is 2. The Hall–Kier alpha value is -0.510. The number of fused-ring (bicyclic) bond motifs is 1. The third-order valence-corrected chi connectivity index (χ3v) is 6.10. The van der Waals surface area contributed by atoms with E-state index in [1.807, 2.05) is 11.8 Å². The highest BCUT2D eigenvalue weighted by Crippen LogP contribution is 2.41. The molecule has 0 radical (unpaired) electrons. The van der Waals surface area contributed by atoms with Crippen molar-refractivity contribution in [2.24, 2.45) is 0 Å². The van der Waals surface area contributed by atoms with Gasteiger partial charge in [-0.2, -0.15) is 0 Å². The minimum atomic E-state index is -0.0530. The van der Waals surface area contributed by atoms with Crippen molar-refractivity contribution in [1.29, 1.82) is 0 Å². The Kier molecular flexibility index (Phi) is 4.63. The van der Waals surface area contributed by atoms with E-state index in [1.165, 1.54) is 30.6 Å². The second-order valence-electron chi connectivity index (χ2n) is 7.00. The number of aliphatic hydroxyl groups excluding tert-OH is 1. The second kappa shape index (κ2) is 6.31. The Balaban J connectivity index is 1.64. The summed E-state index contributed by atoms with van der Waals surface area (Å²) < 4.78 is 0. The molecule has 3 heteroatoms. The average molecular weight is 305 g/mol. The molecule has 116 valence electrons. The van der Waals surface area contributed by atoms with Crippen LogP contribution in [0.5, 0.6) is 0 Å². The van der Waals surface area contributed by atoms with Crippen LogP contribution in [0, 0.1) is 0 Å². The number of hydrogen-bond donors (Lipinski definition) is 2. The lowest BCUT2D eigenvalue weighted by Crippen LogP contribution is -2.49. The lowest BCUT2D eigenvalue weighted by atomic mass is 9.98. The quantitative estimate of drug-likeness (QED) is 0.872. The third kappa shape index (κ3) is 3.46. The molecule has 0 aromatic heterocycles. The molecule has 0 spiro atoms. The molecule has 0 bridgehead atoms. The first-order valence-electron chi connectivity index (χ1n) is 8.27. The monoisotopic (exact) mass is 305 g/mol. The van der Waals surface area contributed by atoms with E-state index >= 15 is 0 Å². The average Bonchev–Trinajstić information content (AvgIpc) is 3.05. The number of rotatable bonds is 5. The highest BCUT2D eigenvalue weighted by Gasteiger charge is 2.39. The van der Waals surface area contributed by atoms with Gasteiger partial charge in [-0.3, -0.25) is 0 Å². The van der Waals surface area contributed by atoms with Gasteiger partial charge >= 0.3 is 0 Å². The standard InChI is InChI=1S/C18H27NOS/c1-13(2)19-18(12-20)9-8-17(11-18)21-16-7-6-14-4-3-5-15(14)10-16/h6-7,10,13,17,19-20H,3-5,8-9,11-12H2,1-2H3. The van der Waals surface area contributed by atoms with Gasteiger partial charge in [-0.25, -0.2) is 0 Å². The van der Waals surface area contributed by atoms with Crippen LogP contribution < -0.4 is 5.32 Å². The fourth-order valence-electron chi connectivity index (χ4n) is 3.92. The Labute approximate surface area is 132 Å². The van der Waals surface area contributed by atoms with E-state index in [9.17, 15) is 5.11 Å². The van der Waals surface area contributed by atoms with Crippen LogP contribution in [0.25, 0.3) is 0 Å². The van der Waals surface area contributed by atoms with Crippen LogP contribution in [0.3, 0.4) is 0 Å². The minimum Gasteiger partial charge on any atom is -0.394 e. The molecule has 2 atom stereocenters. The van der Waals surface area contributed by atoms with Crippen LogP contribution in [-0.4, -0.2) is 28.5 Å². The van der Waals surface area contributed by atoms with Crippen LogP contribution in [0.1, 0.15) is 50.7 Å². The maximum atomic E-state index is 9.80. The SMILES string of the molecule is CC(C)NC1(CO)CCC(Sc2ccc3c(c2)CCC3)C1. The van der Waals surface area contributed by atoms with Crippen molar-refractivity contribution >= 4 is 11.8 Å². The van der Waals surface area contributed by atoms with E-state index in [0.717, 1.165) is 12.8 Å². The Morgan fingerprint density at radius 2 is 2.14 bits per heavy atom. The fraction of sp³-hybridized carbons (Fsp3) is 0.667. The normalized spacial score (nSPS) is 28.3. The predicted molar refractivity (Wildman–Crippen MR) is 90.1 cm³/mol. The zero-order chi connectivity index (χ0) is 14.9. The van der Waals surface area contributed by atoms with Gasteiger partial charge < -0.3 is 10.4 Å². The molecule has 1 aromatic carbocycles. The first kappa shape index (κ1) is 15.4. The van der Waals surface area contributed by atoms with Gasteiger partial charge in [-0.05, 0) is 61.8 Å². The molecule has 2 aliphatic carbocycles. The summed E-state index contributed by atoms with van der Waals surface area (Å²) in [6.45, 7) is 4.59. The maximum Gasteiger partial charge on any atom is 0.0613 e. The highest BCUT2D eigenvalue weighted by molar-refractivity contribution is 8.00. The molecule has 0 saturated heterocycles. The van der Waals surface area contributed by atoms with E-state index in [4.69, 9.17) is 0 Å². The summed E-state index contributed by atoms with van der Waals surface area (Å²) in [5.41, 5.74) is 3.06. The summed E-state index contributed by atoms with van der Waals surface area (Å²) in [6.07, 6.45) is 7.19. The molecule has 21 heavy (non-hydrogen) atoms. The summed E-state index contributed by atoms with van der Waals surface area (Å²) in [7, 11) is 0. The molecule has 0 heterocycles. The van der Waals surface area contributed by atoms with E-state index in [-0.39, 0.29) is 12.1 Å². The van der Waals surface area contributed by atoms with Crippen molar-refractivity contribution in [1.82, 2.24) is 5.32 Å². The number of benzene rings is 1. The number of hydrogen-bond acceptors (Lipinski definition) is 3. The van der Waals surface area contributed by atoms with Crippen LogP contribution in [0.2, 0.25) is 0 Å². The van der Waals surface area contributed by atoms with E-state index < -0.39 is 0 Å². The van der Waals surface area contributed by atoms with Gasteiger partial charge in [-0.15, -0.1) is 11.8 Å². The molecule has 0 amide bonds.